The molecule has 1 rings (SSSR count). The van der Waals surface area contributed by atoms with Crippen LogP contribution in [0.3, 0.4) is 0 Å². The Morgan fingerprint density at radius 1 is 1.29 bits per heavy atom. The molecule has 0 radical (unpaired) electrons. The maximum Gasteiger partial charge on any atom is 0.138 e. The van der Waals surface area contributed by atoms with Crippen molar-refractivity contribution in [2.75, 3.05) is 13.2 Å². The molecule has 1 unspecified atom stereocenters. The fourth-order valence-electron chi connectivity index (χ4n) is 1.26. The summed E-state index contributed by atoms with van der Waals surface area (Å²) in [6.45, 7) is 6.24. The van der Waals surface area contributed by atoms with Crippen LogP contribution < -0.4 is 4.74 Å². The summed E-state index contributed by atoms with van der Waals surface area (Å²) in [5.41, 5.74) is 1.07. The Kier molecular flexibility index (Phi) is 5.75. The zero-order valence-corrected chi connectivity index (χ0v) is 11.2. The topological polar surface area (TPSA) is 38.7 Å². The Labute approximate surface area is 107 Å². The van der Waals surface area contributed by atoms with Gasteiger partial charge in [0.2, 0.25) is 0 Å². The molecule has 17 heavy (non-hydrogen) atoms. The van der Waals surface area contributed by atoms with Crippen molar-refractivity contribution in [2.24, 2.45) is 0 Å². The lowest BCUT2D eigenvalue weighted by Crippen LogP contribution is -2.25. The van der Waals surface area contributed by atoms with Crippen molar-refractivity contribution in [2.45, 2.75) is 33.0 Å². The highest BCUT2D eigenvalue weighted by molar-refractivity contribution is 6.32. The van der Waals surface area contributed by atoms with Gasteiger partial charge in [-0.25, -0.2) is 0 Å². The number of hydrogen-bond acceptors (Lipinski definition) is 3. The third-order valence-electron chi connectivity index (χ3n) is 2.14. The zero-order valence-electron chi connectivity index (χ0n) is 10.4. The van der Waals surface area contributed by atoms with Crippen LogP contribution >= 0.6 is 11.6 Å². The van der Waals surface area contributed by atoms with E-state index in [-0.39, 0.29) is 19.3 Å². The largest absolute Gasteiger partial charge is 0.489 e. The van der Waals surface area contributed by atoms with Crippen molar-refractivity contribution in [3.63, 3.8) is 0 Å². The minimum Gasteiger partial charge on any atom is -0.489 e. The van der Waals surface area contributed by atoms with E-state index in [1.807, 2.05) is 32.9 Å². The van der Waals surface area contributed by atoms with E-state index in [2.05, 4.69) is 0 Å². The van der Waals surface area contributed by atoms with Crippen molar-refractivity contribution in [3.8, 4) is 5.75 Å². The summed E-state index contributed by atoms with van der Waals surface area (Å²) < 4.78 is 10.7. The van der Waals surface area contributed by atoms with Gasteiger partial charge in [-0.05, 0) is 38.5 Å². The average Bonchev–Trinajstić information content (AvgIpc) is 2.27. The molecule has 1 aromatic carbocycles. The monoisotopic (exact) mass is 258 g/mol. The van der Waals surface area contributed by atoms with Gasteiger partial charge in [-0.15, -0.1) is 0 Å². The van der Waals surface area contributed by atoms with Crippen LogP contribution in [0.25, 0.3) is 0 Å². The second kappa shape index (κ2) is 6.84. The molecule has 0 fully saturated rings. The Morgan fingerprint density at radius 2 is 2.00 bits per heavy atom. The quantitative estimate of drug-likeness (QED) is 0.853. The van der Waals surface area contributed by atoms with Crippen LogP contribution in [-0.2, 0) is 4.74 Å². The molecule has 96 valence electrons. The predicted octanol–water partition coefficient (Wildman–Crippen LogP) is 2.81. The lowest BCUT2D eigenvalue weighted by atomic mass is 10.2. The van der Waals surface area contributed by atoms with E-state index >= 15 is 0 Å². The van der Waals surface area contributed by atoms with E-state index in [0.717, 1.165) is 5.56 Å². The SMILES string of the molecule is Cc1ccc(Cl)c(OCC(O)COC(C)C)c1. The Balaban J connectivity index is 2.41. The third-order valence-corrected chi connectivity index (χ3v) is 2.45. The van der Waals surface area contributed by atoms with E-state index < -0.39 is 6.10 Å². The first-order chi connectivity index (χ1) is 7.99. The molecule has 1 aromatic rings. The normalized spacial score (nSPS) is 12.8. The smallest absolute Gasteiger partial charge is 0.138 e. The van der Waals surface area contributed by atoms with E-state index in [1.54, 1.807) is 6.07 Å². The molecule has 0 aliphatic rings. The van der Waals surface area contributed by atoms with Gasteiger partial charge in [-0.2, -0.15) is 0 Å². The summed E-state index contributed by atoms with van der Waals surface area (Å²) in [5, 5.41) is 10.2. The Bertz CT molecular complexity index is 353. The molecular weight excluding hydrogens is 240 g/mol. The summed E-state index contributed by atoms with van der Waals surface area (Å²) in [6, 6.07) is 5.54. The van der Waals surface area contributed by atoms with Gasteiger partial charge in [0.25, 0.3) is 0 Å². The van der Waals surface area contributed by atoms with Gasteiger partial charge >= 0.3 is 0 Å². The number of aliphatic hydroxyl groups is 1. The van der Waals surface area contributed by atoms with Crippen LogP contribution in [0.1, 0.15) is 19.4 Å². The molecule has 0 saturated carbocycles. The maximum absolute atomic E-state index is 9.63. The van der Waals surface area contributed by atoms with Gasteiger partial charge in [0.15, 0.2) is 0 Å². The lowest BCUT2D eigenvalue weighted by Gasteiger charge is -2.15. The molecule has 0 aliphatic heterocycles. The van der Waals surface area contributed by atoms with Gasteiger partial charge in [0.1, 0.15) is 18.5 Å². The summed E-state index contributed by atoms with van der Waals surface area (Å²) in [7, 11) is 0. The summed E-state index contributed by atoms with van der Waals surface area (Å²) in [5.74, 6) is 0.593. The molecule has 0 heterocycles. The number of ether oxygens (including phenoxy) is 2. The second-order valence-electron chi connectivity index (χ2n) is 4.28. The van der Waals surface area contributed by atoms with Crippen molar-refractivity contribution in [1.29, 1.82) is 0 Å². The molecule has 0 aromatic heterocycles. The first-order valence-electron chi connectivity index (χ1n) is 5.67. The first-order valence-corrected chi connectivity index (χ1v) is 6.05. The van der Waals surface area contributed by atoms with E-state index in [9.17, 15) is 5.11 Å². The number of benzene rings is 1. The van der Waals surface area contributed by atoms with Crippen molar-refractivity contribution in [1.82, 2.24) is 0 Å². The molecule has 1 N–H and O–H groups in total. The van der Waals surface area contributed by atoms with Crippen LogP contribution in [0.5, 0.6) is 5.75 Å². The van der Waals surface area contributed by atoms with Gasteiger partial charge in [-0.3, -0.25) is 0 Å². The zero-order chi connectivity index (χ0) is 12.8. The Hall–Kier alpha value is -0.770. The van der Waals surface area contributed by atoms with Crippen molar-refractivity contribution < 1.29 is 14.6 Å². The van der Waals surface area contributed by atoms with Crippen LogP contribution in [-0.4, -0.2) is 30.5 Å². The maximum atomic E-state index is 9.63. The highest BCUT2D eigenvalue weighted by Gasteiger charge is 2.08. The minimum absolute atomic E-state index is 0.104. The first kappa shape index (κ1) is 14.3. The highest BCUT2D eigenvalue weighted by atomic mass is 35.5. The fourth-order valence-corrected chi connectivity index (χ4v) is 1.43. The average molecular weight is 259 g/mol. The van der Waals surface area contributed by atoms with Crippen LogP contribution in [0.2, 0.25) is 5.02 Å². The number of aliphatic hydroxyl groups excluding tert-OH is 1. The summed E-state index contributed by atoms with van der Waals surface area (Å²) in [6.07, 6.45) is -0.541. The van der Waals surface area contributed by atoms with Crippen molar-refractivity contribution >= 4 is 11.6 Å². The summed E-state index contributed by atoms with van der Waals surface area (Å²) in [4.78, 5) is 0. The number of aryl methyl sites for hydroxylation is 1. The van der Waals surface area contributed by atoms with Crippen LogP contribution in [0.4, 0.5) is 0 Å². The van der Waals surface area contributed by atoms with Gasteiger partial charge in [0.05, 0.1) is 17.7 Å². The molecule has 0 bridgehead atoms. The Morgan fingerprint density at radius 3 is 2.65 bits per heavy atom. The highest BCUT2D eigenvalue weighted by Crippen LogP contribution is 2.25. The number of halogens is 1. The fraction of sp³-hybridized carbons (Fsp3) is 0.538. The van der Waals surface area contributed by atoms with Crippen molar-refractivity contribution in [3.05, 3.63) is 28.8 Å². The molecule has 4 heteroatoms. The van der Waals surface area contributed by atoms with E-state index in [4.69, 9.17) is 21.1 Å². The second-order valence-corrected chi connectivity index (χ2v) is 4.69. The van der Waals surface area contributed by atoms with Crippen LogP contribution in [0.15, 0.2) is 18.2 Å². The molecule has 0 spiro atoms. The minimum atomic E-state index is -0.644. The predicted molar refractivity (Wildman–Crippen MR) is 68.8 cm³/mol. The molecule has 1 atom stereocenters. The molecular formula is C13H19ClO3. The van der Waals surface area contributed by atoms with Crippen LogP contribution in [0, 0.1) is 6.92 Å². The van der Waals surface area contributed by atoms with Gasteiger partial charge < -0.3 is 14.6 Å². The third kappa shape index (κ3) is 5.39. The molecule has 0 saturated heterocycles. The molecule has 0 amide bonds. The lowest BCUT2D eigenvalue weighted by molar-refractivity contribution is -0.0122. The van der Waals surface area contributed by atoms with Gasteiger partial charge in [-0.1, -0.05) is 17.7 Å². The van der Waals surface area contributed by atoms with E-state index in [1.165, 1.54) is 0 Å². The molecule has 3 nitrogen and oxygen atoms in total. The number of hydrogen-bond donors (Lipinski definition) is 1. The standard InChI is InChI=1S/C13H19ClO3/c1-9(2)16-7-11(15)8-17-13-6-10(3)4-5-12(13)14/h4-6,9,11,15H,7-8H2,1-3H3. The van der Waals surface area contributed by atoms with E-state index in [0.29, 0.717) is 10.8 Å². The number of rotatable bonds is 6. The van der Waals surface area contributed by atoms with Gasteiger partial charge in [0, 0.05) is 0 Å². The summed E-state index contributed by atoms with van der Waals surface area (Å²) >= 11 is 5.97. The molecule has 0 aliphatic carbocycles.